The van der Waals surface area contributed by atoms with Crippen molar-refractivity contribution in [3.63, 3.8) is 0 Å². The number of halogens is 2. The Morgan fingerprint density at radius 3 is 2.68 bits per heavy atom. The molecule has 4 rings (SSSR count). The third-order valence-corrected chi connectivity index (χ3v) is 7.74. The number of carbonyl (C=O) groups excluding carboxylic acids is 1. The second-order valence-corrected chi connectivity index (χ2v) is 10.9. The Hall–Kier alpha value is -1.53. The van der Waals surface area contributed by atoms with E-state index in [4.69, 9.17) is 27.9 Å². The summed E-state index contributed by atoms with van der Waals surface area (Å²) >= 11 is 12.6. The van der Waals surface area contributed by atoms with Crippen LogP contribution in [0.1, 0.15) is 26.3 Å². The average molecular weight is 438 g/mol. The molecule has 0 bridgehead atoms. The van der Waals surface area contributed by atoms with Gasteiger partial charge in [-0.2, -0.15) is 3.89 Å². The lowest BCUT2D eigenvalue weighted by molar-refractivity contribution is 0.0501. The summed E-state index contributed by atoms with van der Waals surface area (Å²) in [6, 6.07) is 14.1. The first kappa shape index (κ1) is 19.8. The second kappa shape index (κ2) is 7.06. The van der Waals surface area contributed by atoms with Crippen LogP contribution in [0.15, 0.2) is 47.4 Å². The van der Waals surface area contributed by atoms with Gasteiger partial charge in [0.05, 0.1) is 26.6 Å². The number of benzene rings is 2. The van der Waals surface area contributed by atoms with Crippen LogP contribution in [0.5, 0.6) is 0 Å². The van der Waals surface area contributed by atoms with Crippen molar-refractivity contribution in [2.45, 2.75) is 43.7 Å². The molecule has 0 saturated heterocycles. The molecule has 28 heavy (non-hydrogen) atoms. The fourth-order valence-corrected chi connectivity index (χ4v) is 6.60. The lowest BCUT2D eigenvalue weighted by atomic mass is 9.98. The summed E-state index contributed by atoms with van der Waals surface area (Å²) < 4.78 is 6.17. The molecule has 2 aromatic rings. The van der Waals surface area contributed by atoms with Crippen molar-refractivity contribution in [1.29, 1.82) is 0 Å². The number of hydrogen-bond donors (Lipinski definition) is 1. The van der Waals surface area contributed by atoms with E-state index in [2.05, 4.69) is 29.0 Å². The van der Waals surface area contributed by atoms with Crippen LogP contribution in [0.4, 0.5) is 10.5 Å². The molecule has 3 unspecified atom stereocenters. The maximum absolute atomic E-state index is 12.3. The Bertz CT molecular complexity index is 987. The third-order valence-electron chi connectivity index (χ3n) is 4.77. The van der Waals surface area contributed by atoms with Crippen LogP contribution in [0.2, 0.25) is 10.0 Å². The Kier molecular flexibility index (Phi) is 4.99. The molecular weight excluding hydrogens is 415 g/mol. The fraction of sp³-hybridized carbons (Fsp3) is 0.333. The summed E-state index contributed by atoms with van der Waals surface area (Å²) in [5, 5.41) is 4.38. The van der Waals surface area contributed by atoms with Gasteiger partial charge in [-0.15, -0.1) is 0 Å². The molecule has 148 valence electrons. The van der Waals surface area contributed by atoms with Crippen molar-refractivity contribution >= 4 is 51.1 Å². The SMILES string of the molecule is CC(C)(C)OC(=O)NC1Cc2ccccc2[N+]2(C=S2c2ccc(Cl)cc2Cl)C1. The van der Waals surface area contributed by atoms with E-state index in [1.807, 2.05) is 39.0 Å². The van der Waals surface area contributed by atoms with Crippen LogP contribution in [-0.2, 0) is 11.2 Å². The van der Waals surface area contributed by atoms with Gasteiger partial charge in [0.15, 0.2) is 11.2 Å². The maximum Gasteiger partial charge on any atom is 0.408 e. The van der Waals surface area contributed by atoms with E-state index in [9.17, 15) is 4.79 Å². The minimum absolute atomic E-state index is 0.00965. The number of alkyl carbamates (subject to hydrolysis) is 1. The monoisotopic (exact) mass is 437 g/mol. The molecule has 7 heteroatoms. The number of quaternary nitrogens is 1. The molecule has 2 aliphatic rings. The van der Waals surface area contributed by atoms with Crippen LogP contribution in [0.3, 0.4) is 0 Å². The average Bonchev–Trinajstić information content (AvgIpc) is 3.27. The minimum atomic E-state index is -0.518. The van der Waals surface area contributed by atoms with Gasteiger partial charge in [0.2, 0.25) is 0 Å². The van der Waals surface area contributed by atoms with Crippen LogP contribution < -0.4 is 9.21 Å². The van der Waals surface area contributed by atoms with Gasteiger partial charge in [-0.25, -0.2) is 4.79 Å². The lowest BCUT2D eigenvalue weighted by Gasteiger charge is -2.33. The van der Waals surface area contributed by atoms with Gasteiger partial charge >= 0.3 is 6.09 Å². The van der Waals surface area contributed by atoms with Crippen molar-refractivity contribution in [2.24, 2.45) is 0 Å². The molecule has 2 aromatic carbocycles. The number of amides is 1. The summed E-state index contributed by atoms with van der Waals surface area (Å²) in [6.07, 6.45) is 0.413. The summed E-state index contributed by atoms with van der Waals surface area (Å²) in [4.78, 5) is 13.4. The van der Waals surface area contributed by atoms with E-state index in [0.29, 0.717) is 13.9 Å². The molecular formula is C21H23Cl2N2O2S+. The molecule has 0 fully saturated rings. The zero-order chi connectivity index (χ0) is 20.1. The molecule has 3 atom stereocenters. The smallest absolute Gasteiger partial charge is 0.408 e. The third kappa shape index (κ3) is 3.81. The molecule has 1 spiro atoms. The number of ether oxygens (including phenoxy) is 1. The minimum Gasteiger partial charge on any atom is -0.444 e. The Morgan fingerprint density at radius 1 is 1.21 bits per heavy atom. The molecule has 2 heterocycles. The molecule has 0 aromatic heterocycles. The van der Waals surface area contributed by atoms with Gasteiger partial charge in [-0.05, 0) is 39.0 Å². The molecule has 0 saturated carbocycles. The molecule has 0 aliphatic carbocycles. The van der Waals surface area contributed by atoms with Gasteiger partial charge in [-0.1, -0.05) is 41.4 Å². The van der Waals surface area contributed by atoms with E-state index in [1.165, 1.54) is 11.3 Å². The van der Waals surface area contributed by atoms with Crippen LogP contribution in [0, 0.1) is 0 Å². The van der Waals surface area contributed by atoms with Crippen molar-refractivity contribution in [1.82, 2.24) is 9.21 Å². The predicted octanol–water partition coefficient (Wildman–Crippen LogP) is 5.77. The van der Waals surface area contributed by atoms with E-state index < -0.39 is 5.60 Å². The highest BCUT2D eigenvalue weighted by molar-refractivity contribution is 8.22. The number of fused-ring (bicyclic) bond motifs is 2. The fourth-order valence-electron chi connectivity index (χ4n) is 3.68. The van der Waals surface area contributed by atoms with Crippen molar-refractivity contribution in [3.8, 4) is 0 Å². The Morgan fingerprint density at radius 2 is 1.96 bits per heavy atom. The van der Waals surface area contributed by atoms with Crippen molar-refractivity contribution in [2.75, 3.05) is 6.54 Å². The summed E-state index contributed by atoms with van der Waals surface area (Å²) in [6.45, 7) is 6.39. The quantitative estimate of drug-likeness (QED) is 0.478. The number of nitrogens with one attached hydrogen (secondary N) is 1. The van der Waals surface area contributed by atoms with Crippen LogP contribution in [0.25, 0.3) is 0 Å². The van der Waals surface area contributed by atoms with E-state index >= 15 is 0 Å². The predicted molar refractivity (Wildman–Crippen MR) is 118 cm³/mol. The molecule has 1 N–H and O–H groups in total. The van der Waals surface area contributed by atoms with Gasteiger partial charge in [0, 0.05) is 23.1 Å². The van der Waals surface area contributed by atoms with E-state index in [0.717, 1.165) is 17.9 Å². The number of nitrogens with zero attached hydrogens (tertiary/aromatic N) is 1. The largest absolute Gasteiger partial charge is 0.444 e. The zero-order valence-electron chi connectivity index (χ0n) is 16.0. The highest BCUT2D eigenvalue weighted by Gasteiger charge is 2.54. The van der Waals surface area contributed by atoms with Crippen molar-refractivity contribution < 1.29 is 9.53 Å². The Balaban J connectivity index is 1.62. The molecule has 0 radical (unpaired) electrons. The van der Waals surface area contributed by atoms with Gasteiger partial charge in [0.25, 0.3) is 0 Å². The molecule has 4 nitrogen and oxygen atoms in total. The first-order chi connectivity index (χ1) is 13.2. The zero-order valence-corrected chi connectivity index (χ0v) is 18.4. The first-order valence-corrected chi connectivity index (χ1v) is 11.2. The first-order valence-electron chi connectivity index (χ1n) is 9.18. The summed E-state index contributed by atoms with van der Waals surface area (Å²) in [7, 11) is -0.180. The lowest BCUT2D eigenvalue weighted by Crippen LogP contribution is -2.51. The standard InChI is InChI=1S/C21H22Cl2N2O2S/c1-21(2,3)27-20(26)24-16-10-14-6-4-5-7-18(14)25(12-16)13-28(25)19-9-8-15(22)11-17(19)23/h4-9,11,13,16H,10,12H2,1-3H3/p+1. The number of rotatable bonds is 2. The summed E-state index contributed by atoms with van der Waals surface area (Å²) in [5.74, 6) is 0. The second-order valence-electron chi connectivity index (χ2n) is 8.15. The topological polar surface area (TPSA) is 38.3 Å². The van der Waals surface area contributed by atoms with E-state index in [-0.39, 0.29) is 22.8 Å². The van der Waals surface area contributed by atoms with Gasteiger partial charge < -0.3 is 10.1 Å². The molecule has 1 amide bonds. The number of para-hydroxylation sites is 1. The van der Waals surface area contributed by atoms with E-state index in [1.54, 1.807) is 6.07 Å². The van der Waals surface area contributed by atoms with Crippen LogP contribution in [-0.4, -0.2) is 29.8 Å². The normalized spacial score (nSPS) is 25.6. The van der Waals surface area contributed by atoms with Gasteiger partial charge in [0.1, 0.15) is 12.1 Å². The molecule has 2 aliphatic heterocycles. The van der Waals surface area contributed by atoms with Crippen molar-refractivity contribution in [3.05, 3.63) is 58.1 Å². The highest BCUT2D eigenvalue weighted by atomic mass is 35.5. The number of carbonyl (C=O) groups is 1. The maximum atomic E-state index is 12.3. The van der Waals surface area contributed by atoms with Gasteiger partial charge in [-0.3, -0.25) is 0 Å². The highest BCUT2D eigenvalue weighted by Crippen LogP contribution is 2.57. The van der Waals surface area contributed by atoms with Crippen LogP contribution >= 0.6 is 33.9 Å². The summed E-state index contributed by atoms with van der Waals surface area (Å²) in [5.41, 5.74) is 4.30. The number of hydrogen-bond acceptors (Lipinski definition) is 2. The Labute approximate surface area is 178 Å².